The van der Waals surface area contributed by atoms with Crippen molar-refractivity contribution in [1.29, 1.82) is 0 Å². The van der Waals surface area contributed by atoms with E-state index in [4.69, 9.17) is 4.84 Å². The molecule has 3 aromatic rings. The molecule has 146 valence electrons. The van der Waals surface area contributed by atoms with Crippen LogP contribution in [0.3, 0.4) is 0 Å². The van der Waals surface area contributed by atoms with E-state index in [2.05, 4.69) is 10.2 Å². The number of benzene rings is 1. The van der Waals surface area contributed by atoms with Crippen LogP contribution < -0.4 is 0 Å². The average Bonchev–Trinajstić information content (AvgIpc) is 3.17. The number of hydrogen-bond donors (Lipinski definition) is 0. The van der Waals surface area contributed by atoms with Gasteiger partial charge in [0.25, 0.3) is 11.8 Å². The van der Waals surface area contributed by atoms with E-state index in [1.54, 1.807) is 23.5 Å². The summed E-state index contributed by atoms with van der Waals surface area (Å²) in [5.41, 5.74) is 0.457. The molecule has 1 saturated carbocycles. The number of carbonyl (C=O) groups excluding carboxylic acids is 3. The molecule has 0 radical (unpaired) electrons. The Morgan fingerprint density at radius 1 is 1.10 bits per heavy atom. The zero-order valence-corrected chi connectivity index (χ0v) is 16.6. The molecule has 10 heteroatoms. The molecule has 1 aliphatic heterocycles. The SMILES string of the molecule is O=C(CSc1nnc(-c2cccs2)n1C1CC1)ON1C(=O)c2ccccc2C1=O. The number of fused-ring (bicyclic) bond motifs is 1. The van der Waals surface area contributed by atoms with E-state index in [-0.39, 0.29) is 16.9 Å². The second kappa shape index (κ2) is 7.12. The molecule has 5 rings (SSSR count). The topological polar surface area (TPSA) is 94.4 Å². The largest absolute Gasteiger partial charge is 0.343 e. The van der Waals surface area contributed by atoms with Gasteiger partial charge in [-0.1, -0.05) is 35.0 Å². The lowest BCUT2D eigenvalue weighted by Crippen LogP contribution is -2.33. The summed E-state index contributed by atoms with van der Waals surface area (Å²) in [5.74, 6) is -1.27. The van der Waals surface area contributed by atoms with Crippen molar-refractivity contribution < 1.29 is 19.2 Å². The first-order valence-corrected chi connectivity index (χ1v) is 10.8. The number of hydrogen-bond acceptors (Lipinski definition) is 8. The highest BCUT2D eigenvalue weighted by Crippen LogP contribution is 2.41. The molecular formula is C19H14N4O4S2. The van der Waals surface area contributed by atoms with Crippen LogP contribution in [0.5, 0.6) is 0 Å². The Hall–Kier alpha value is -2.98. The third-order valence-electron chi connectivity index (χ3n) is 4.59. The Bertz CT molecular complexity index is 1090. The first-order chi connectivity index (χ1) is 14.1. The van der Waals surface area contributed by atoms with E-state index in [0.29, 0.717) is 16.3 Å². The number of hydroxylamine groups is 2. The van der Waals surface area contributed by atoms with Crippen LogP contribution in [0, 0.1) is 0 Å². The Balaban J connectivity index is 1.28. The number of nitrogens with zero attached hydrogens (tertiary/aromatic N) is 4. The first-order valence-electron chi connectivity index (χ1n) is 8.93. The van der Waals surface area contributed by atoms with Crippen LogP contribution in [0.4, 0.5) is 0 Å². The second-order valence-electron chi connectivity index (χ2n) is 6.59. The lowest BCUT2D eigenvalue weighted by molar-refractivity contribution is -0.165. The zero-order chi connectivity index (χ0) is 20.0. The lowest BCUT2D eigenvalue weighted by atomic mass is 10.1. The summed E-state index contributed by atoms with van der Waals surface area (Å²) < 4.78 is 2.05. The van der Waals surface area contributed by atoms with Crippen molar-refractivity contribution >= 4 is 40.9 Å². The third-order valence-corrected chi connectivity index (χ3v) is 6.37. The van der Waals surface area contributed by atoms with Gasteiger partial charge in [0.1, 0.15) is 5.75 Å². The quantitative estimate of drug-likeness (QED) is 0.441. The van der Waals surface area contributed by atoms with Gasteiger partial charge in [-0.05, 0) is 36.4 Å². The highest BCUT2D eigenvalue weighted by molar-refractivity contribution is 7.99. The van der Waals surface area contributed by atoms with Crippen molar-refractivity contribution in [2.24, 2.45) is 0 Å². The van der Waals surface area contributed by atoms with Gasteiger partial charge in [-0.15, -0.1) is 21.5 Å². The molecule has 1 aromatic carbocycles. The molecule has 1 aliphatic carbocycles. The Morgan fingerprint density at radius 3 is 2.45 bits per heavy atom. The van der Waals surface area contributed by atoms with Gasteiger partial charge in [0.05, 0.1) is 16.0 Å². The minimum atomic E-state index is -0.701. The van der Waals surface area contributed by atoms with Crippen molar-refractivity contribution in [3.05, 3.63) is 52.9 Å². The molecule has 0 N–H and O–H groups in total. The van der Waals surface area contributed by atoms with Gasteiger partial charge >= 0.3 is 5.97 Å². The maximum Gasteiger partial charge on any atom is 0.343 e. The van der Waals surface area contributed by atoms with Crippen molar-refractivity contribution in [1.82, 2.24) is 19.8 Å². The molecule has 0 spiro atoms. The molecule has 0 saturated heterocycles. The molecule has 3 heterocycles. The van der Waals surface area contributed by atoms with Crippen LogP contribution in [0.2, 0.25) is 0 Å². The predicted octanol–water partition coefficient (Wildman–Crippen LogP) is 3.19. The number of imide groups is 1. The van der Waals surface area contributed by atoms with Crippen LogP contribution in [0.1, 0.15) is 39.6 Å². The highest BCUT2D eigenvalue weighted by Gasteiger charge is 2.38. The minimum Gasteiger partial charge on any atom is -0.329 e. The molecule has 2 aliphatic rings. The molecule has 1 fully saturated rings. The predicted molar refractivity (Wildman–Crippen MR) is 105 cm³/mol. The van der Waals surface area contributed by atoms with Crippen LogP contribution in [-0.4, -0.2) is 43.4 Å². The van der Waals surface area contributed by atoms with Crippen LogP contribution >= 0.6 is 23.1 Å². The first kappa shape index (κ1) is 18.1. The number of thioether (sulfide) groups is 1. The Labute approximate surface area is 173 Å². The van der Waals surface area contributed by atoms with Crippen LogP contribution in [0.25, 0.3) is 10.7 Å². The van der Waals surface area contributed by atoms with Crippen molar-refractivity contribution in [3.63, 3.8) is 0 Å². The van der Waals surface area contributed by atoms with Crippen LogP contribution in [-0.2, 0) is 9.63 Å². The summed E-state index contributed by atoms with van der Waals surface area (Å²) in [4.78, 5) is 43.0. The van der Waals surface area contributed by atoms with Gasteiger partial charge in [0, 0.05) is 6.04 Å². The fourth-order valence-electron chi connectivity index (χ4n) is 3.11. The summed E-state index contributed by atoms with van der Waals surface area (Å²) >= 11 is 2.76. The number of thiophene rings is 1. The van der Waals surface area contributed by atoms with Crippen LogP contribution in [0.15, 0.2) is 46.9 Å². The van der Waals surface area contributed by atoms with Gasteiger partial charge in [-0.3, -0.25) is 14.2 Å². The maximum atomic E-state index is 12.3. The summed E-state index contributed by atoms with van der Waals surface area (Å²) in [6.45, 7) is 0. The summed E-state index contributed by atoms with van der Waals surface area (Å²) in [6, 6.07) is 10.6. The molecule has 2 aromatic heterocycles. The number of aromatic nitrogens is 3. The smallest absolute Gasteiger partial charge is 0.329 e. The molecule has 29 heavy (non-hydrogen) atoms. The molecular weight excluding hydrogens is 412 g/mol. The normalized spacial score (nSPS) is 15.7. The van der Waals surface area contributed by atoms with Crippen molar-refractivity contribution in [2.45, 2.75) is 24.0 Å². The fourth-order valence-corrected chi connectivity index (χ4v) is 4.59. The zero-order valence-electron chi connectivity index (χ0n) is 15.0. The highest BCUT2D eigenvalue weighted by atomic mass is 32.2. The van der Waals surface area contributed by atoms with E-state index in [9.17, 15) is 14.4 Å². The number of rotatable bonds is 6. The molecule has 2 amide bonds. The average molecular weight is 426 g/mol. The van der Waals surface area contributed by atoms with Gasteiger partial charge in [0.2, 0.25) is 0 Å². The summed E-state index contributed by atoms with van der Waals surface area (Å²) in [5, 5.41) is 11.6. The van der Waals surface area contributed by atoms with E-state index in [1.807, 2.05) is 22.1 Å². The third kappa shape index (κ3) is 3.23. The standard InChI is InChI=1S/C19H14N4O4S2/c24-15(27-23-17(25)12-4-1-2-5-13(12)18(23)26)10-29-19-21-20-16(14-6-3-9-28-14)22(19)11-7-8-11/h1-6,9,11H,7-8,10H2. The minimum absolute atomic E-state index is 0.0945. The fraction of sp³-hybridized carbons (Fsp3) is 0.211. The number of carbonyl (C=O) groups is 3. The molecule has 0 bridgehead atoms. The summed E-state index contributed by atoms with van der Waals surface area (Å²) in [7, 11) is 0. The van der Waals surface area contributed by atoms with Gasteiger partial charge in [-0.25, -0.2) is 4.79 Å². The molecule has 8 nitrogen and oxygen atoms in total. The van der Waals surface area contributed by atoms with Crippen molar-refractivity contribution in [3.8, 4) is 10.7 Å². The van der Waals surface area contributed by atoms with E-state index < -0.39 is 17.8 Å². The van der Waals surface area contributed by atoms with Crippen molar-refractivity contribution in [2.75, 3.05) is 5.75 Å². The lowest BCUT2D eigenvalue weighted by Gasteiger charge is -2.12. The second-order valence-corrected chi connectivity index (χ2v) is 8.48. The van der Waals surface area contributed by atoms with E-state index >= 15 is 0 Å². The number of amides is 2. The maximum absolute atomic E-state index is 12.3. The summed E-state index contributed by atoms with van der Waals surface area (Å²) in [6.07, 6.45) is 2.09. The van der Waals surface area contributed by atoms with E-state index in [0.717, 1.165) is 23.5 Å². The van der Waals surface area contributed by atoms with Gasteiger partial charge < -0.3 is 4.84 Å². The van der Waals surface area contributed by atoms with Gasteiger partial charge in [-0.2, -0.15) is 0 Å². The Morgan fingerprint density at radius 2 is 1.83 bits per heavy atom. The molecule has 0 atom stereocenters. The Kier molecular flexibility index (Phi) is 4.44. The van der Waals surface area contributed by atoms with Gasteiger partial charge in [0.15, 0.2) is 11.0 Å². The molecule has 0 unspecified atom stereocenters. The monoisotopic (exact) mass is 426 g/mol. The van der Waals surface area contributed by atoms with E-state index in [1.165, 1.54) is 23.9 Å².